The summed E-state index contributed by atoms with van der Waals surface area (Å²) in [6, 6.07) is 37.3. The van der Waals surface area contributed by atoms with Crippen LogP contribution in [0.5, 0.6) is 0 Å². The van der Waals surface area contributed by atoms with E-state index in [2.05, 4.69) is 93.3 Å². The molecular formula is C28H18BrN3. The number of hydrogen-bond donors (Lipinski definition) is 0. The molecule has 0 aliphatic heterocycles. The van der Waals surface area contributed by atoms with Gasteiger partial charge in [-0.15, -0.1) is 0 Å². The summed E-state index contributed by atoms with van der Waals surface area (Å²) in [5.74, 6) is 1.56. The average molecular weight is 476 g/mol. The van der Waals surface area contributed by atoms with Crippen LogP contribution >= 0.6 is 15.9 Å². The van der Waals surface area contributed by atoms with E-state index in [4.69, 9.17) is 9.97 Å². The van der Waals surface area contributed by atoms with Crippen molar-refractivity contribution in [2.45, 2.75) is 0 Å². The minimum Gasteiger partial charge on any atom is -0.294 e. The summed E-state index contributed by atoms with van der Waals surface area (Å²) in [6.07, 6.45) is 0. The molecule has 0 unspecified atom stereocenters. The van der Waals surface area contributed by atoms with Crippen LogP contribution in [0.4, 0.5) is 0 Å². The van der Waals surface area contributed by atoms with Crippen molar-refractivity contribution in [1.29, 1.82) is 0 Å². The lowest BCUT2D eigenvalue weighted by Gasteiger charge is -2.12. The number of nitrogens with zero attached hydrogens (tertiary/aromatic N) is 3. The van der Waals surface area contributed by atoms with Gasteiger partial charge in [0.2, 0.25) is 0 Å². The highest BCUT2D eigenvalue weighted by Gasteiger charge is 2.17. The van der Waals surface area contributed by atoms with E-state index in [0.717, 1.165) is 38.1 Å². The Balaban J connectivity index is 1.71. The van der Waals surface area contributed by atoms with Gasteiger partial charge in [-0.3, -0.25) is 4.57 Å². The number of hydrogen-bond acceptors (Lipinski definition) is 2. The van der Waals surface area contributed by atoms with Gasteiger partial charge in [0.15, 0.2) is 5.82 Å². The molecule has 0 amide bonds. The average Bonchev–Trinajstić information content (AvgIpc) is 3.20. The maximum absolute atomic E-state index is 5.04. The molecule has 152 valence electrons. The molecule has 2 aromatic heterocycles. The molecule has 4 aromatic carbocycles. The van der Waals surface area contributed by atoms with E-state index in [0.29, 0.717) is 5.82 Å². The summed E-state index contributed by atoms with van der Waals surface area (Å²) in [7, 11) is 0. The minimum absolute atomic E-state index is 0.711. The number of fused-ring (bicyclic) bond motifs is 3. The fourth-order valence-electron chi connectivity index (χ4n) is 4.24. The van der Waals surface area contributed by atoms with Crippen LogP contribution in [0, 0.1) is 0 Å². The molecular weight excluding hydrogens is 458 g/mol. The van der Waals surface area contributed by atoms with Gasteiger partial charge in [-0.1, -0.05) is 101 Å². The maximum Gasteiger partial charge on any atom is 0.162 e. The van der Waals surface area contributed by atoms with Crippen LogP contribution in [0.25, 0.3) is 50.3 Å². The second-order valence-corrected chi connectivity index (χ2v) is 8.51. The lowest BCUT2D eigenvalue weighted by Crippen LogP contribution is -2.02. The molecule has 0 saturated carbocycles. The molecule has 0 aliphatic rings. The Morgan fingerprint density at radius 1 is 0.594 bits per heavy atom. The monoisotopic (exact) mass is 475 g/mol. The Morgan fingerprint density at radius 2 is 1.25 bits per heavy atom. The highest BCUT2D eigenvalue weighted by atomic mass is 79.9. The summed E-state index contributed by atoms with van der Waals surface area (Å²) in [4.78, 5) is 9.97. The van der Waals surface area contributed by atoms with E-state index in [1.54, 1.807) is 0 Å². The maximum atomic E-state index is 5.04. The molecule has 6 aromatic rings. The van der Waals surface area contributed by atoms with Crippen molar-refractivity contribution < 1.29 is 0 Å². The molecule has 0 N–H and O–H groups in total. The fraction of sp³-hybridized carbons (Fsp3) is 0. The van der Waals surface area contributed by atoms with Gasteiger partial charge in [0.05, 0.1) is 16.7 Å². The van der Waals surface area contributed by atoms with Crippen molar-refractivity contribution in [3.8, 4) is 28.5 Å². The molecule has 6 rings (SSSR count). The third kappa shape index (κ3) is 3.12. The standard InChI is InChI=1S/C28H18BrN3/c29-22-15-9-17-25-27(22)21-14-7-8-16-24(21)32(25)26-18-23(19-10-3-1-4-11-19)30-28(31-26)20-12-5-2-6-13-20/h1-18H. The Labute approximate surface area is 194 Å². The van der Waals surface area contributed by atoms with E-state index >= 15 is 0 Å². The SMILES string of the molecule is Brc1cccc2c1c1ccccc1n2-c1cc(-c2ccccc2)nc(-c2ccccc2)n1. The van der Waals surface area contributed by atoms with Crippen molar-refractivity contribution in [1.82, 2.24) is 14.5 Å². The van der Waals surface area contributed by atoms with Crippen molar-refractivity contribution in [2.75, 3.05) is 0 Å². The Kier molecular flexibility index (Phi) is 4.58. The smallest absolute Gasteiger partial charge is 0.162 e. The van der Waals surface area contributed by atoms with Crippen LogP contribution in [-0.2, 0) is 0 Å². The molecule has 3 nitrogen and oxygen atoms in total. The van der Waals surface area contributed by atoms with Gasteiger partial charge in [-0.2, -0.15) is 0 Å². The normalized spacial score (nSPS) is 11.3. The summed E-state index contributed by atoms with van der Waals surface area (Å²) < 4.78 is 3.31. The third-order valence-corrected chi connectivity index (χ3v) is 6.35. The molecule has 0 aliphatic carbocycles. The highest BCUT2D eigenvalue weighted by molar-refractivity contribution is 9.10. The first-order valence-corrected chi connectivity index (χ1v) is 11.3. The number of rotatable bonds is 3. The first-order chi connectivity index (χ1) is 15.8. The lowest BCUT2D eigenvalue weighted by molar-refractivity contribution is 1.05. The van der Waals surface area contributed by atoms with Gasteiger partial charge in [0.25, 0.3) is 0 Å². The summed E-state index contributed by atoms with van der Waals surface area (Å²) in [5, 5.41) is 2.38. The summed E-state index contributed by atoms with van der Waals surface area (Å²) >= 11 is 3.76. The second-order valence-electron chi connectivity index (χ2n) is 7.65. The molecule has 32 heavy (non-hydrogen) atoms. The Morgan fingerprint density at radius 3 is 2.03 bits per heavy atom. The van der Waals surface area contributed by atoms with Crippen LogP contribution in [-0.4, -0.2) is 14.5 Å². The zero-order valence-corrected chi connectivity index (χ0v) is 18.7. The van der Waals surface area contributed by atoms with Crippen molar-refractivity contribution >= 4 is 37.7 Å². The van der Waals surface area contributed by atoms with Gasteiger partial charge >= 0.3 is 0 Å². The lowest BCUT2D eigenvalue weighted by atomic mass is 10.1. The Bertz CT molecular complexity index is 1510. The molecule has 0 atom stereocenters. The van der Waals surface area contributed by atoms with E-state index in [1.807, 2.05) is 36.4 Å². The van der Waals surface area contributed by atoms with E-state index in [-0.39, 0.29) is 0 Å². The number of para-hydroxylation sites is 1. The first-order valence-electron chi connectivity index (χ1n) is 10.5. The summed E-state index contributed by atoms with van der Waals surface area (Å²) in [6.45, 7) is 0. The highest BCUT2D eigenvalue weighted by Crippen LogP contribution is 2.36. The molecule has 4 heteroatoms. The minimum atomic E-state index is 0.711. The largest absolute Gasteiger partial charge is 0.294 e. The van der Waals surface area contributed by atoms with Gasteiger partial charge in [-0.05, 0) is 18.2 Å². The van der Waals surface area contributed by atoms with Gasteiger partial charge in [-0.25, -0.2) is 9.97 Å². The molecule has 0 bridgehead atoms. The first kappa shape index (κ1) is 19.0. The predicted molar refractivity (Wildman–Crippen MR) is 135 cm³/mol. The van der Waals surface area contributed by atoms with Crippen molar-refractivity contribution in [3.63, 3.8) is 0 Å². The van der Waals surface area contributed by atoms with Crippen LogP contribution < -0.4 is 0 Å². The topological polar surface area (TPSA) is 30.7 Å². The van der Waals surface area contributed by atoms with Gasteiger partial charge in [0.1, 0.15) is 5.82 Å². The fourth-order valence-corrected chi connectivity index (χ4v) is 4.81. The van der Waals surface area contributed by atoms with Crippen LogP contribution in [0.1, 0.15) is 0 Å². The molecule has 2 heterocycles. The molecule has 0 spiro atoms. The van der Waals surface area contributed by atoms with Crippen molar-refractivity contribution in [2.24, 2.45) is 0 Å². The third-order valence-electron chi connectivity index (χ3n) is 5.69. The van der Waals surface area contributed by atoms with E-state index in [9.17, 15) is 0 Å². The zero-order chi connectivity index (χ0) is 21.5. The van der Waals surface area contributed by atoms with Crippen LogP contribution in [0.15, 0.2) is 114 Å². The van der Waals surface area contributed by atoms with Crippen LogP contribution in [0.3, 0.4) is 0 Å². The van der Waals surface area contributed by atoms with E-state index in [1.165, 1.54) is 10.8 Å². The number of aromatic nitrogens is 3. The predicted octanol–water partition coefficient (Wildman–Crippen LogP) is 7.67. The second kappa shape index (κ2) is 7.74. The van der Waals surface area contributed by atoms with Crippen LogP contribution in [0.2, 0.25) is 0 Å². The molecule has 0 fully saturated rings. The van der Waals surface area contributed by atoms with Gasteiger partial charge < -0.3 is 0 Å². The quantitative estimate of drug-likeness (QED) is 0.262. The summed E-state index contributed by atoms with van der Waals surface area (Å²) in [5.41, 5.74) is 5.18. The number of halogens is 1. The number of benzene rings is 4. The van der Waals surface area contributed by atoms with Gasteiger partial charge in [0, 0.05) is 32.4 Å². The zero-order valence-electron chi connectivity index (χ0n) is 17.1. The van der Waals surface area contributed by atoms with E-state index < -0.39 is 0 Å². The molecule has 0 radical (unpaired) electrons. The Hall–Kier alpha value is -3.76. The van der Waals surface area contributed by atoms with Crippen molar-refractivity contribution in [3.05, 3.63) is 114 Å². The molecule has 0 saturated heterocycles.